The van der Waals surface area contributed by atoms with Crippen molar-refractivity contribution in [3.05, 3.63) is 69.3 Å². The van der Waals surface area contributed by atoms with E-state index in [0.29, 0.717) is 5.56 Å². The predicted octanol–water partition coefficient (Wildman–Crippen LogP) is 4.47. The number of benzene rings is 2. The van der Waals surface area contributed by atoms with Gasteiger partial charge < -0.3 is 10.1 Å². The summed E-state index contributed by atoms with van der Waals surface area (Å²) in [6.45, 7) is 1.62. The third kappa shape index (κ3) is 5.25. The smallest absolute Gasteiger partial charge is 0.357 e. The van der Waals surface area contributed by atoms with Crippen LogP contribution < -0.4 is 5.43 Å². The third-order valence-electron chi connectivity index (χ3n) is 3.60. The SMILES string of the molecule is Cc1ccc(S(=O)(=O)/C(=N/Nc2cc(C(F)(F)F)cc(C(F)(F)F)c2)[N+](=O)[O-])cc1. The molecule has 0 heterocycles. The molecule has 30 heavy (non-hydrogen) atoms. The van der Waals surface area contributed by atoms with E-state index in [4.69, 9.17) is 0 Å². The highest BCUT2D eigenvalue weighted by atomic mass is 32.2. The molecule has 0 aliphatic heterocycles. The van der Waals surface area contributed by atoms with Crippen LogP contribution in [0, 0.1) is 17.0 Å². The van der Waals surface area contributed by atoms with Gasteiger partial charge in [0.25, 0.3) is 9.84 Å². The molecule has 0 aliphatic carbocycles. The first-order chi connectivity index (χ1) is 13.6. The van der Waals surface area contributed by atoms with Crippen LogP contribution in [0.4, 0.5) is 32.0 Å². The standard InChI is InChI=1S/C16H11F6N3O4S/c1-9-2-4-13(5-3-9)30(28,29)14(25(26)27)24-23-12-7-10(15(17,18)19)6-11(8-12)16(20,21)22/h2-8,23H,1H3/b24-14+. The van der Waals surface area contributed by atoms with Gasteiger partial charge in [-0.3, -0.25) is 0 Å². The quantitative estimate of drug-likeness (QED) is 0.242. The lowest BCUT2D eigenvalue weighted by Gasteiger charge is -2.13. The number of alkyl halides is 6. The van der Waals surface area contributed by atoms with Crippen LogP contribution in [0.1, 0.15) is 16.7 Å². The number of nitrogens with zero attached hydrogens (tertiary/aromatic N) is 2. The molecule has 0 unspecified atom stereocenters. The van der Waals surface area contributed by atoms with Crippen LogP contribution >= 0.6 is 0 Å². The zero-order valence-corrected chi connectivity index (χ0v) is 15.6. The largest absolute Gasteiger partial charge is 0.484 e. The monoisotopic (exact) mass is 455 g/mol. The highest BCUT2D eigenvalue weighted by Crippen LogP contribution is 2.37. The number of hydrazone groups is 1. The van der Waals surface area contributed by atoms with Crippen LogP contribution in [-0.4, -0.2) is 18.5 Å². The Labute approximate surface area is 165 Å². The van der Waals surface area contributed by atoms with Crippen molar-refractivity contribution in [1.82, 2.24) is 0 Å². The fourth-order valence-electron chi connectivity index (χ4n) is 2.15. The maximum absolute atomic E-state index is 12.9. The van der Waals surface area contributed by atoms with E-state index < -0.39 is 54.0 Å². The molecule has 0 spiro atoms. The Morgan fingerprint density at radius 3 is 1.83 bits per heavy atom. The number of rotatable bonds is 3. The van der Waals surface area contributed by atoms with Crippen LogP contribution in [0.25, 0.3) is 0 Å². The Morgan fingerprint density at radius 1 is 0.967 bits per heavy atom. The molecule has 0 atom stereocenters. The second-order valence-corrected chi connectivity index (χ2v) is 7.72. The summed E-state index contributed by atoms with van der Waals surface area (Å²) < 4.78 is 102. The first kappa shape index (κ1) is 23.1. The summed E-state index contributed by atoms with van der Waals surface area (Å²) >= 11 is 0. The van der Waals surface area contributed by atoms with E-state index >= 15 is 0 Å². The molecule has 14 heteroatoms. The van der Waals surface area contributed by atoms with Crippen molar-refractivity contribution in [3.63, 3.8) is 0 Å². The number of halogens is 6. The van der Waals surface area contributed by atoms with Crippen molar-refractivity contribution in [2.24, 2.45) is 5.10 Å². The van der Waals surface area contributed by atoms with Crippen molar-refractivity contribution in [1.29, 1.82) is 0 Å². The van der Waals surface area contributed by atoms with Gasteiger partial charge in [-0.15, -0.1) is 0 Å². The van der Waals surface area contributed by atoms with Crippen molar-refractivity contribution in [2.75, 3.05) is 5.43 Å². The molecule has 0 fully saturated rings. The Bertz CT molecular complexity index is 1060. The van der Waals surface area contributed by atoms with Crippen LogP contribution in [0.2, 0.25) is 0 Å². The van der Waals surface area contributed by atoms with Gasteiger partial charge in [-0.05, 0) is 42.2 Å². The zero-order valence-electron chi connectivity index (χ0n) is 14.7. The van der Waals surface area contributed by atoms with E-state index in [1.807, 2.05) is 0 Å². The van der Waals surface area contributed by atoms with E-state index in [1.165, 1.54) is 12.1 Å². The van der Waals surface area contributed by atoms with Gasteiger partial charge in [0.2, 0.25) is 0 Å². The highest BCUT2D eigenvalue weighted by Gasteiger charge is 2.38. The number of nitro groups is 1. The number of sulfone groups is 1. The summed E-state index contributed by atoms with van der Waals surface area (Å²) in [4.78, 5) is 9.19. The Morgan fingerprint density at radius 2 is 1.43 bits per heavy atom. The summed E-state index contributed by atoms with van der Waals surface area (Å²) in [6.07, 6.45) is -10.3. The molecule has 7 nitrogen and oxygen atoms in total. The van der Waals surface area contributed by atoms with Gasteiger partial charge in [-0.25, -0.2) is 8.42 Å². The zero-order chi connectivity index (χ0) is 22.9. The van der Waals surface area contributed by atoms with E-state index in [2.05, 4.69) is 5.10 Å². The Balaban J connectivity index is 2.53. The second kappa shape index (κ2) is 7.93. The first-order valence-corrected chi connectivity index (χ1v) is 9.20. The average molecular weight is 455 g/mol. The second-order valence-electron chi connectivity index (χ2n) is 5.87. The molecule has 162 valence electrons. The summed E-state index contributed by atoms with van der Waals surface area (Å²) in [5.74, 6) is 0. The molecule has 0 amide bonds. The molecule has 0 aromatic heterocycles. The molecule has 0 saturated carbocycles. The van der Waals surface area contributed by atoms with E-state index in [1.54, 1.807) is 12.3 Å². The Hall–Kier alpha value is -3.16. The molecular formula is C16H11F6N3O4S. The van der Waals surface area contributed by atoms with Gasteiger partial charge >= 0.3 is 17.5 Å². The normalized spacial score (nSPS) is 13.2. The average Bonchev–Trinajstić information content (AvgIpc) is 2.60. The van der Waals surface area contributed by atoms with Gasteiger partial charge in [-0.2, -0.15) is 31.8 Å². The Kier molecular flexibility index (Phi) is 6.11. The number of nitrogens with one attached hydrogen (secondary N) is 1. The van der Waals surface area contributed by atoms with Crippen molar-refractivity contribution in [2.45, 2.75) is 24.2 Å². The molecule has 0 bridgehead atoms. The summed E-state index contributed by atoms with van der Waals surface area (Å²) in [5.41, 5.74) is -2.13. The maximum Gasteiger partial charge on any atom is 0.484 e. The molecule has 2 aromatic carbocycles. The number of hydrogen-bond acceptors (Lipinski definition) is 6. The number of hydrogen-bond donors (Lipinski definition) is 1. The molecular weight excluding hydrogens is 444 g/mol. The lowest BCUT2D eigenvalue weighted by molar-refractivity contribution is -0.344. The molecule has 1 N–H and O–H groups in total. The van der Waals surface area contributed by atoms with Crippen LogP contribution in [0.5, 0.6) is 0 Å². The third-order valence-corrected chi connectivity index (χ3v) is 5.21. The van der Waals surface area contributed by atoms with Crippen LogP contribution in [0.3, 0.4) is 0 Å². The van der Waals surface area contributed by atoms with Gasteiger partial charge in [-0.1, -0.05) is 17.7 Å². The van der Waals surface area contributed by atoms with E-state index in [0.717, 1.165) is 12.1 Å². The minimum atomic E-state index is -5.17. The number of anilines is 1. The van der Waals surface area contributed by atoms with Gasteiger partial charge in [0, 0.05) is 0 Å². The lowest BCUT2D eigenvalue weighted by Crippen LogP contribution is -2.25. The first-order valence-electron chi connectivity index (χ1n) is 7.71. The van der Waals surface area contributed by atoms with Gasteiger partial charge in [0.1, 0.15) is 0 Å². The number of amidine groups is 1. The van der Waals surface area contributed by atoms with E-state index in [-0.39, 0.29) is 18.2 Å². The fourth-order valence-corrected chi connectivity index (χ4v) is 3.22. The minimum Gasteiger partial charge on any atom is -0.357 e. The van der Waals surface area contributed by atoms with Gasteiger partial charge in [0.15, 0.2) is 0 Å². The number of aryl methyl sites for hydroxylation is 1. The predicted molar refractivity (Wildman–Crippen MR) is 92.9 cm³/mol. The summed E-state index contributed by atoms with van der Waals surface area (Å²) in [6, 6.07) is 4.99. The lowest BCUT2D eigenvalue weighted by atomic mass is 10.1. The fraction of sp³-hybridized carbons (Fsp3) is 0.188. The van der Waals surface area contributed by atoms with Crippen molar-refractivity contribution < 1.29 is 39.7 Å². The van der Waals surface area contributed by atoms with Crippen LogP contribution in [0.15, 0.2) is 52.5 Å². The summed E-state index contributed by atoms with van der Waals surface area (Å²) in [5, 5.41) is 12.4. The molecule has 0 aliphatic rings. The summed E-state index contributed by atoms with van der Waals surface area (Å²) in [7, 11) is -4.82. The minimum absolute atomic E-state index is 0.160. The van der Waals surface area contributed by atoms with Crippen molar-refractivity contribution in [3.8, 4) is 0 Å². The van der Waals surface area contributed by atoms with Gasteiger partial charge in [0.05, 0.1) is 26.8 Å². The molecule has 0 saturated heterocycles. The topological polar surface area (TPSA) is 102 Å². The highest BCUT2D eigenvalue weighted by molar-refractivity contribution is 8.05. The van der Waals surface area contributed by atoms with Crippen molar-refractivity contribution >= 4 is 20.7 Å². The molecule has 2 aromatic rings. The maximum atomic E-state index is 12.9. The van der Waals surface area contributed by atoms with E-state index in [9.17, 15) is 44.9 Å². The molecule has 0 radical (unpaired) electrons. The molecule has 2 rings (SSSR count). The van der Waals surface area contributed by atoms with Crippen LogP contribution in [-0.2, 0) is 22.2 Å².